The van der Waals surface area contributed by atoms with Gasteiger partial charge in [0, 0.05) is 17.8 Å². The maximum Gasteiger partial charge on any atom is 0.336 e. The van der Waals surface area contributed by atoms with Crippen LogP contribution in [0.1, 0.15) is 15.9 Å². The number of rotatable bonds is 5. The van der Waals surface area contributed by atoms with Gasteiger partial charge in [-0.2, -0.15) is 4.98 Å². The summed E-state index contributed by atoms with van der Waals surface area (Å²) in [4.78, 5) is 35.1. The van der Waals surface area contributed by atoms with Gasteiger partial charge in [-0.05, 0) is 42.8 Å². The van der Waals surface area contributed by atoms with Gasteiger partial charge in [-0.25, -0.2) is 14.5 Å². The Morgan fingerprint density at radius 1 is 1.09 bits per heavy atom. The average molecular weight is 462 g/mol. The van der Waals surface area contributed by atoms with Gasteiger partial charge >= 0.3 is 12.0 Å². The number of pyridine rings is 1. The smallest absolute Gasteiger partial charge is 0.336 e. The second-order valence-corrected chi connectivity index (χ2v) is 7.71. The number of aromatic nitrogens is 5. The Kier molecular flexibility index (Phi) is 4.95. The highest BCUT2D eigenvalue weighted by atomic mass is 35.5. The molecule has 3 N–H and O–H groups in total. The van der Waals surface area contributed by atoms with Gasteiger partial charge < -0.3 is 14.8 Å². The van der Waals surface area contributed by atoms with Crippen molar-refractivity contribution in [2.45, 2.75) is 6.92 Å². The third-order valence-corrected chi connectivity index (χ3v) is 5.40. The fraction of sp³-hybridized carbons (Fsp3) is 0.0435. The number of fused-ring (bicyclic) bond motifs is 1. The third kappa shape index (κ3) is 3.85. The van der Waals surface area contributed by atoms with Gasteiger partial charge in [-0.3, -0.25) is 9.89 Å². The Morgan fingerprint density at radius 2 is 1.88 bits per heavy atom. The van der Waals surface area contributed by atoms with Gasteiger partial charge in [-0.1, -0.05) is 29.8 Å². The number of benzene rings is 2. The predicted octanol–water partition coefficient (Wildman–Crippen LogP) is 4.56. The van der Waals surface area contributed by atoms with Gasteiger partial charge in [0.15, 0.2) is 5.65 Å². The lowest BCUT2D eigenvalue weighted by molar-refractivity contribution is 0.0695. The lowest BCUT2D eigenvalue weighted by Gasteiger charge is -2.06. The minimum Gasteiger partial charge on any atom is -0.478 e. The zero-order valence-electron chi connectivity index (χ0n) is 17.2. The van der Waals surface area contributed by atoms with Crippen molar-refractivity contribution in [3.63, 3.8) is 0 Å². The zero-order valence-corrected chi connectivity index (χ0v) is 17.9. The number of carbonyl (C=O) groups is 1. The number of carboxylic acid groups (broad SMARTS) is 1. The molecule has 0 unspecified atom stereocenters. The lowest BCUT2D eigenvalue weighted by Crippen LogP contribution is -2.13. The zero-order chi connectivity index (χ0) is 23.1. The van der Waals surface area contributed by atoms with Crippen molar-refractivity contribution in [3.8, 4) is 28.7 Å². The maximum atomic E-state index is 11.8. The molecule has 0 aliphatic heterocycles. The first-order valence-electron chi connectivity index (χ1n) is 9.84. The predicted molar refractivity (Wildman–Crippen MR) is 122 cm³/mol. The van der Waals surface area contributed by atoms with Crippen molar-refractivity contribution in [2.75, 3.05) is 0 Å². The van der Waals surface area contributed by atoms with Crippen molar-refractivity contribution in [1.82, 2.24) is 24.7 Å². The molecule has 0 saturated carbocycles. The van der Waals surface area contributed by atoms with Gasteiger partial charge in [0.25, 0.3) is 5.56 Å². The number of halogens is 1. The molecule has 5 aromatic rings. The molecule has 9 nitrogen and oxygen atoms in total. The van der Waals surface area contributed by atoms with Crippen molar-refractivity contribution in [3.05, 3.63) is 87.3 Å². The molecule has 0 amide bonds. The highest BCUT2D eigenvalue weighted by Gasteiger charge is 2.14. The summed E-state index contributed by atoms with van der Waals surface area (Å²) in [6.45, 7) is 1.71. The molecule has 10 heteroatoms. The molecule has 0 spiro atoms. The molecule has 3 heterocycles. The van der Waals surface area contributed by atoms with Crippen molar-refractivity contribution < 1.29 is 14.6 Å². The highest BCUT2D eigenvalue weighted by molar-refractivity contribution is 6.33. The normalized spacial score (nSPS) is 11.1. The molecule has 164 valence electrons. The van der Waals surface area contributed by atoms with E-state index in [0.29, 0.717) is 38.9 Å². The summed E-state index contributed by atoms with van der Waals surface area (Å²) < 4.78 is 7.13. The standard InChI is InChI=1S/C23H16ClN5O4/c1-12-2-7-15(10-16(12)22(31)32)33-23-26-18-11-17(24)20(27-21(18)28-23)13-3-5-14(6-4-13)29-19(30)8-9-25-29/h2-11,25H,1H3,(H,31,32)(H,26,27,28). The number of carboxylic acids is 1. The first-order chi connectivity index (χ1) is 15.9. The third-order valence-electron chi connectivity index (χ3n) is 5.11. The van der Waals surface area contributed by atoms with Gasteiger partial charge in [-0.15, -0.1) is 0 Å². The SMILES string of the molecule is Cc1ccc(Oc2nc3nc(-c4ccc(-n5[nH]ccc5=O)cc4)c(Cl)cc3[nH]2)cc1C(=O)O. The lowest BCUT2D eigenvalue weighted by atomic mass is 10.1. The topological polar surface area (TPSA) is 126 Å². The molecule has 0 atom stereocenters. The van der Waals surface area contributed by atoms with E-state index in [1.165, 1.54) is 16.8 Å². The maximum absolute atomic E-state index is 11.8. The van der Waals surface area contributed by atoms with E-state index in [-0.39, 0.29) is 17.1 Å². The molecule has 5 rings (SSSR count). The summed E-state index contributed by atoms with van der Waals surface area (Å²) in [6.07, 6.45) is 1.57. The number of nitrogens with zero attached hydrogens (tertiary/aromatic N) is 3. The van der Waals surface area contributed by atoms with E-state index in [0.717, 1.165) is 5.56 Å². The number of aromatic carboxylic acids is 1. The summed E-state index contributed by atoms with van der Waals surface area (Å²) >= 11 is 6.47. The number of imidazole rings is 1. The van der Waals surface area contributed by atoms with Crippen LogP contribution in [0.5, 0.6) is 11.8 Å². The van der Waals surface area contributed by atoms with Gasteiger partial charge in [0.05, 0.1) is 27.5 Å². The highest BCUT2D eigenvalue weighted by Crippen LogP contribution is 2.31. The molecule has 0 saturated heterocycles. The van der Waals surface area contributed by atoms with Crippen LogP contribution >= 0.6 is 11.6 Å². The van der Waals surface area contributed by atoms with Crippen molar-refractivity contribution in [1.29, 1.82) is 0 Å². The Labute approximate surface area is 191 Å². The number of aryl methyl sites for hydroxylation is 1. The van der Waals surface area contributed by atoms with E-state index < -0.39 is 5.97 Å². The van der Waals surface area contributed by atoms with Crippen LogP contribution in [0.15, 0.2) is 65.6 Å². The van der Waals surface area contributed by atoms with E-state index >= 15 is 0 Å². The minimum atomic E-state index is -1.03. The Morgan fingerprint density at radius 3 is 2.58 bits per heavy atom. The fourth-order valence-electron chi connectivity index (χ4n) is 3.44. The summed E-state index contributed by atoms with van der Waals surface area (Å²) in [5, 5.41) is 12.6. The van der Waals surface area contributed by atoms with Crippen molar-refractivity contribution in [2.24, 2.45) is 0 Å². The molecular formula is C23H16ClN5O4. The van der Waals surface area contributed by atoms with E-state index in [1.54, 1.807) is 43.5 Å². The monoisotopic (exact) mass is 461 g/mol. The van der Waals surface area contributed by atoms with Gasteiger partial charge in [0.2, 0.25) is 0 Å². The van der Waals surface area contributed by atoms with E-state index in [9.17, 15) is 14.7 Å². The molecular weight excluding hydrogens is 446 g/mol. The van der Waals surface area contributed by atoms with Crippen molar-refractivity contribution >= 4 is 28.7 Å². The molecule has 2 aromatic carbocycles. The van der Waals surface area contributed by atoms with E-state index in [4.69, 9.17) is 16.3 Å². The average Bonchev–Trinajstić information content (AvgIpc) is 3.39. The number of hydrogen-bond donors (Lipinski definition) is 3. The molecule has 0 aliphatic rings. The second-order valence-electron chi connectivity index (χ2n) is 7.30. The summed E-state index contributed by atoms with van der Waals surface area (Å²) in [5.74, 6) is -0.702. The largest absolute Gasteiger partial charge is 0.478 e. The van der Waals surface area contributed by atoms with Crippen LogP contribution < -0.4 is 10.3 Å². The van der Waals surface area contributed by atoms with Crippen LogP contribution in [0.3, 0.4) is 0 Å². The second kappa shape index (κ2) is 7.95. The Bertz CT molecular complexity index is 1570. The Balaban J connectivity index is 1.46. The quantitative estimate of drug-likeness (QED) is 0.352. The van der Waals surface area contributed by atoms with Crippen LogP contribution in [0, 0.1) is 6.92 Å². The number of hydrogen-bond acceptors (Lipinski definition) is 5. The first-order valence-corrected chi connectivity index (χ1v) is 10.2. The molecule has 33 heavy (non-hydrogen) atoms. The molecule has 0 fully saturated rings. The van der Waals surface area contributed by atoms with Crippen LogP contribution in [-0.2, 0) is 0 Å². The molecule has 0 radical (unpaired) electrons. The minimum absolute atomic E-state index is 0.150. The molecule has 3 aromatic heterocycles. The van der Waals surface area contributed by atoms with Crippen LogP contribution in [0.2, 0.25) is 5.02 Å². The summed E-state index contributed by atoms with van der Waals surface area (Å²) in [6, 6.07) is 15.3. The summed E-state index contributed by atoms with van der Waals surface area (Å²) in [7, 11) is 0. The fourth-order valence-corrected chi connectivity index (χ4v) is 3.71. The van der Waals surface area contributed by atoms with E-state index in [2.05, 4.69) is 20.1 Å². The molecule has 0 aliphatic carbocycles. The first kappa shape index (κ1) is 20.5. The molecule has 0 bridgehead atoms. The van der Waals surface area contributed by atoms with Crippen LogP contribution in [0.25, 0.3) is 28.1 Å². The number of H-pyrrole nitrogens is 2. The Hall–Kier alpha value is -4.37. The number of ether oxygens (including phenoxy) is 1. The number of aromatic amines is 2. The van der Waals surface area contributed by atoms with E-state index in [1.807, 2.05) is 12.1 Å². The van der Waals surface area contributed by atoms with Crippen LogP contribution in [-0.4, -0.2) is 35.8 Å². The summed E-state index contributed by atoms with van der Waals surface area (Å²) in [5.41, 5.74) is 3.53. The number of nitrogens with one attached hydrogen (secondary N) is 2. The van der Waals surface area contributed by atoms with Crippen LogP contribution in [0.4, 0.5) is 0 Å². The van der Waals surface area contributed by atoms with Gasteiger partial charge in [0.1, 0.15) is 5.75 Å².